The van der Waals surface area contributed by atoms with Gasteiger partial charge in [-0.15, -0.1) is 11.3 Å². The number of rotatable bonds is 3. The Bertz CT molecular complexity index is 3440. The number of hydrogen-bond donors (Lipinski definition) is 0. The summed E-state index contributed by atoms with van der Waals surface area (Å²) >= 11 is 1.90. The summed E-state index contributed by atoms with van der Waals surface area (Å²) in [5.74, 6) is 0. The molecule has 0 N–H and O–H groups in total. The van der Waals surface area contributed by atoms with Crippen molar-refractivity contribution in [2.75, 3.05) is 0 Å². The SMILES string of the molecule is c1ccc(-c2ccc3cc(-c4c5ccccc5c(-c5c6sc7cc8ccccc8cc7c6cc6oc7ccccc7c56)c5ccccc45)ccc3c2)cc1. The third kappa shape index (κ3) is 4.32. The predicted octanol–water partition coefficient (Wildman–Crippen LogP) is 15.6. The van der Waals surface area contributed by atoms with E-state index in [0.717, 1.165) is 16.6 Å². The molecule has 0 radical (unpaired) electrons. The molecule has 2 heteroatoms. The highest BCUT2D eigenvalue weighted by molar-refractivity contribution is 7.26. The van der Waals surface area contributed by atoms with Crippen molar-refractivity contribution in [2.45, 2.75) is 0 Å². The minimum absolute atomic E-state index is 0.915. The van der Waals surface area contributed by atoms with Gasteiger partial charge in [0.15, 0.2) is 0 Å². The van der Waals surface area contributed by atoms with E-state index in [4.69, 9.17) is 4.42 Å². The molecular formula is C52H30OS. The summed E-state index contributed by atoms with van der Waals surface area (Å²) in [5.41, 5.74) is 9.31. The fourth-order valence-corrected chi connectivity index (χ4v) is 10.2. The lowest BCUT2D eigenvalue weighted by Crippen LogP contribution is -1.92. The Morgan fingerprint density at radius 2 is 0.870 bits per heavy atom. The largest absolute Gasteiger partial charge is 0.456 e. The Balaban J connectivity index is 1.19. The molecule has 10 aromatic carbocycles. The van der Waals surface area contributed by atoms with Gasteiger partial charge in [-0.2, -0.15) is 0 Å². The molecule has 12 aromatic rings. The van der Waals surface area contributed by atoms with E-state index in [-0.39, 0.29) is 0 Å². The standard InChI is InChI=1S/C52H30OS/c1-2-12-31(13-3-1)34-22-23-36-27-37(25-24-35(36)26-34)48-38-16-6-8-18-40(38)49(41-19-9-7-17-39(41)48)51-50-42-20-10-11-21-45(42)53-46(50)30-44-43-28-32-14-4-5-15-33(32)29-47(43)54-52(44)51/h1-30H. The van der Waals surface area contributed by atoms with Gasteiger partial charge in [-0.05, 0) is 107 Å². The van der Waals surface area contributed by atoms with Crippen molar-refractivity contribution in [1.29, 1.82) is 0 Å². The normalized spacial score (nSPS) is 12.1. The van der Waals surface area contributed by atoms with E-state index in [1.165, 1.54) is 102 Å². The first kappa shape index (κ1) is 29.8. The summed E-state index contributed by atoms with van der Waals surface area (Å²) in [4.78, 5) is 0. The molecule has 0 aliphatic rings. The lowest BCUT2D eigenvalue weighted by atomic mass is 9.84. The van der Waals surface area contributed by atoms with Crippen LogP contribution in [0.25, 0.3) is 119 Å². The highest BCUT2D eigenvalue weighted by Gasteiger charge is 2.24. The molecule has 2 aromatic heterocycles. The molecule has 0 saturated carbocycles. The second-order valence-electron chi connectivity index (χ2n) is 14.4. The molecular weight excluding hydrogens is 673 g/mol. The number of benzene rings is 10. The van der Waals surface area contributed by atoms with E-state index in [0.29, 0.717) is 0 Å². The van der Waals surface area contributed by atoms with Crippen LogP contribution in [-0.4, -0.2) is 0 Å². The van der Waals surface area contributed by atoms with Crippen molar-refractivity contribution in [3.05, 3.63) is 182 Å². The molecule has 12 rings (SSSR count). The average Bonchev–Trinajstić information content (AvgIpc) is 3.78. The first-order chi connectivity index (χ1) is 26.8. The molecule has 0 aliphatic carbocycles. The van der Waals surface area contributed by atoms with Crippen LogP contribution in [0.2, 0.25) is 0 Å². The van der Waals surface area contributed by atoms with Crippen molar-refractivity contribution in [3.63, 3.8) is 0 Å². The lowest BCUT2D eigenvalue weighted by Gasteiger charge is -2.19. The van der Waals surface area contributed by atoms with Crippen molar-refractivity contribution in [3.8, 4) is 33.4 Å². The van der Waals surface area contributed by atoms with E-state index < -0.39 is 0 Å². The van der Waals surface area contributed by atoms with E-state index in [1.54, 1.807) is 0 Å². The Kier molecular flexibility index (Phi) is 6.28. The zero-order chi connectivity index (χ0) is 35.3. The van der Waals surface area contributed by atoms with E-state index in [1.807, 2.05) is 11.3 Å². The fraction of sp³-hybridized carbons (Fsp3) is 0. The Morgan fingerprint density at radius 1 is 0.315 bits per heavy atom. The van der Waals surface area contributed by atoms with Gasteiger partial charge in [0.25, 0.3) is 0 Å². The molecule has 250 valence electrons. The number of para-hydroxylation sites is 1. The van der Waals surface area contributed by atoms with Gasteiger partial charge in [0.05, 0.1) is 0 Å². The summed E-state index contributed by atoms with van der Waals surface area (Å²) in [6, 6.07) is 66.7. The second kappa shape index (κ2) is 11.4. The third-order valence-electron chi connectivity index (χ3n) is 11.4. The van der Waals surface area contributed by atoms with Crippen LogP contribution < -0.4 is 0 Å². The first-order valence-corrected chi connectivity index (χ1v) is 19.3. The Morgan fingerprint density at radius 3 is 1.59 bits per heavy atom. The summed E-state index contributed by atoms with van der Waals surface area (Å²) < 4.78 is 9.31. The molecule has 2 heterocycles. The second-order valence-corrected chi connectivity index (χ2v) is 15.4. The Labute approximate surface area is 314 Å². The molecule has 0 atom stereocenters. The summed E-state index contributed by atoms with van der Waals surface area (Å²) in [6.45, 7) is 0. The van der Waals surface area contributed by atoms with Crippen LogP contribution in [-0.2, 0) is 0 Å². The zero-order valence-corrected chi connectivity index (χ0v) is 30.0. The lowest BCUT2D eigenvalue weighted by molar-refractivity contribution is 0.669. The van der Waals surface area contributed by atoms with E-state index in [9.17, 15) is 0 Å². The van der Waals surface area contributed by atoms with Gasteiger partial charge in [-0.1, -0.05) is 146 Å². The number of fused-ring (bicyclic) bond motifs is 10. The number of furan rings is 1. The molecule has 0 fully saturated rings. The van der Waals surface area contributed by atoms with Crippen molar-refractivity contribution < 1.29 is 4.42 Å². The molecule has 54 heavy (non-hydrogen) atoms. The van der Waals surface area contributed by atoms with Crippen molar-refractivity contribution in [2.24, 2.45) is 0 Å². The van der Waals surface area contributed by atoms with E-state index in [2.05, 4.69) is 182 Å². The summed E-state index contributed by atoms with van der Waals surface area (Å²) in [7, 11) is 0. The van der Waals surface area contributed by atoms with Crippen LogP contribution in [0.3, 0.4) is 0 Å². The van der Waals surface area contributed by atoms with Crippen LogP contribution in [0.4, 0.5) is 0 Å². The molecule has 0 unspecified atom stereocenters. The molecule has 0 aliphatic heterocycles. The van der Waals surface area contributed by atoms with Gasteiger partial charge in [0.1, 0.15) is 11.2 Å². The van der Waals surface area contributed by atoms with Crippen molar-refractivity contribution >= 4 is 96.5 Å². The third-order valence-corrected chi connectivity index (χ3v) is 12.6. The smallest absolute Gasteiger partial charge is 0.136 e. The Hall–Kier alpha value is -6.74. The van der Waals surface area contributed by atoms with Crippen molar-refractivity contribution in [1.82, 2.24) is 0 Å². The maximum absolute atomic E-state index is 6.73. The minimum atomic E-state index is 0.915. The van der Waals surface area contributed by atoms with Gasteiger partial charge in [0, 0.05) is 36.5 Å². The minimum Gasteiger partial charge on any atom is -0.456 e. The summed E-state index contributed by atoms with van der Waals surface area (Å²) in [6.07, 6.45) is 0. The maximum Gasteiger partial charge on any atom is 0.136 e. The predicted molar refractivity (Wildman–Crippen MR) is 233 cm³/mol. The average molecular weight is 703 g/mol. The monoisotopic (exact) mass is 702 g/mol. The quantitative estimate of drug-likeness (QED) is 0.167. The molecule has 0 bridgehead atoms. The molecule has 0 saturated heterocycles. The van der Waals surface area contributed by atoms with Gasteiger partial charge in [-0.25, -0.2) is 0 Å². The summed E-state index contributed by atoms with van der Waals surface area (Å²) in [5, 5.41) is 14.8. The van der Waals surface area contributed by atoms with Crippen LogP contribution >= 0.6 is 11.3 Å². The highest BCUT2D eigenvalue weighted by Crippen LogP contribution is 2.52. The van der Waals surface area contributed by atoms with Crippen LogP contribution in [0, 0.1) is 0 Å². The number of hydrogen-bond acceptors (Lipinski definition) is 2. The molecule has 1 nitrogen and oxygen atoms in total. The first-order valence-electron chi connectivity index (χ1n) is 18.5. The highest BCUT2D eigenvalue weighted by atomic mass is 32.1. The fourth-order valence-electron chi connectivity index (χ4n) is 8.96. The molecule has 0 spiro atoms. The van der Waals surface area contributed by atoms with Gasteiger partial charge in [0.2, 0.25) is 0 Å². The zero-order valence-electron chi connectivity index (χ0n) is 29.1. The van der Waals surface area contributed by atoms with E-state index >= 15 is 0 Å². The molecule has 0 amide bonds. The maximum atomic E-state index is 6.73. The van der Waals surface area contributed by atoms with Gasteiger partial charge >= 0.3 is 0 Å². The van der Waals surface area contributed by atoms with Gasteiger partial charge in [-0.3, -0.25) is 0 Å². The van der Waals surface area contributed by atoms with Gasteiger partial charge < -0.3 is 4.42 Å². The number of thiophene rings is 1. The van der Waals surface area contributed by atoms with Crippen LogP contribution in [0.15, 0.2) is 186 Å². The van der Waals surface area contributed by atoms with Crippen LogP contribution in [0.5, 0.6) is 0 Å². The van der Waals surface area contributed by atoms with Crippen LogP contribution in [0.1, 0.15) is 0 Å². The topological polar surface area (TPSA) is 13.1 Å².